The Balaban J connectivity index is 2.13. The Morgan fingerprint density at radius 3 is 3.18 bits per heavy atom. The molecule has 2 aromatic heterocycles. The molecule has 2 rings (SSSR count). The third-order valence-corrected chi connectivity index (χ3v) is 4.36. The first-order valence-electron chi connectivity index (χ1n) is 4.81. The molecule has 0 aliphatic rings. The number of fused-ring (bicyclic) bond motifs is 1. The zero-order chi connectivity index (χ0) is 12.3. The lowest BCUT2D eigenvalue weighted by Crippen LogP contribution is -2.18. The minimum Gasteiger partial charge on any atom is -0.609 e. The van der Waals surface area contributed by atoms with Crippen molar-refractivity contribution in [2.45, 2.75) is 11.3 Å². The van der Waals surface area contributed by atoms with Gasteiger partial charge in [-0.1, -0.05) is 0 Å². The minimum atomic E-state index is -1.48. The number of ether oxygens (including phenoxy) is 1. The molecular formula is C9H9N3O3S2. The first kappa shape index (κ1) is 12.2. The summed E-state index contributed by atoms with van der Waals surface area (Å²) in [7, 11) is 0. The van der Waals surface area contributed by atoms with E-state index in [4.69, 9.17) is 4.74 Å². The molecule has 6 nitrogen and oxygen atoms in total. The smallest absolute Gasteiger partial charge is 0.356 e. The molecule has 1 unspecified atom stereocenters. The number of nitrogens with zero attached hydrogens (tertiary/aromatic N) is 3. The van der Waals surface area contributed by atoms with Crippen LogP contribution in [0.5, 0.6) is 0 Å². The highest BCUT2D eigenvalue weighted by Gasteiger charge is 2.22. The van der Waals surface area contributed by atoms with E-state index in [0.29, 0.717) is 14.7 Å². The van der Waals surface area contributed by atoms with Gasteiger partial charge in [0.25, 0.3) is 0 Å². The highest BCUT2D eigenvalue weighted by molar-refractivity contribution is 7.94. The van der Waals surface area contributed by atoms with E-state index >= 15 is 0 Å². The van der Waals surface area contributed by atoms with E-state index in [1.165, 1.54) is 17.7 Å². The number of thiazole rings is 1. The average molecular weight is 271 g/mol. The summed E-state index contributed by atoms with van der Waals surface area (Å²) in [5, 5.41) is 0. The van der Waals surface area contributed by atoms with Crippen LogP contribution in [-0.4, -0.2) is 37.8 Å². The van der Waals surface area contributed by atoms with Crippen LogP contribution in [-0.2, 0) is 20.7 Å². The van der Waals surface area contributed by atoms with Gasteiger partial charge in [0.2, 0.25) is 5.75 Å². The van der Waals surface area contributed by atoms with Crippen molar-refractivity contribution in [1.29, 1.82) is 0 Å². The van der Waals surface area contributed by atoms with E-state index in [0.717, 1.165) is 0 Å². The summed E-state index contributed by atoms with van der Waals surface area (Å²) in [4.78, 5) is 23.8. The van der Waals surface area contributed by atoms with Crippen LogP contribution in [0.3, 0.4) is 0 Å². The molecule has 17 heavy (non-hydrogen) atoms. The van der Waals surface area contributed by atoms with E-state index in [1.807, 2.05) is 0 Å². The van der Waals surface area contributed by atoms with E-state index in [1.54, 1.807) is 13.1 Å². The van der Waals surface area contributed by atoms with Crippen LogP contribution < -0.4 is 0 Å². The number of carbonyl (C=O) groups is 1. The van der Waals surface area contributed by atoms with E-state index in [-0.39, 0.29) is 12.4 Å². The normalized spacial score (nSPS) is 12.6. The monoisotopic (exact) mass is 271 g/mol. The van der Waals surface area contributed by atoms with Crippen molar-refractivity contribution in [2.75, 3.05) is 12.4 Å². The van der Waals surface area contributed by atoms with E-state index < -0.39 is 17.1 Å². The summed E-state index contributed by atoms with van der Waals surface area (Å²) >= 11 is -0.287. The van der Waals surface area contributed by atoms with Crippen LogP contribution in [0, 0.1) is 0 Å². The van der Waals surface area contributed by atoms with Crippen molar-refractivity contribution in [3.63, 3.8) is 0 Å². The maximum atomic E-state index is 11.8. The van der Waals surface area contributed by atoms with Crippen molar-refractivity contribution in [3.05, 3.63) is 12.5 Å². The van der Waals surface area contributed by atoms with E-state index in [2.05, 4.69) is 15.0 Å². The van der Waals surface area contributed by atoms with Crippen molar-refractivity contribution < 1.29 is 14.1 Å². The average Bonchev–Trinajstić information content (AvgIpc) is 2.72. The van der Waals surface area contributed by atoms with Crippen molar-refractivity contribution >= 4 is 38.8 Å². The Bertz CT molecular complexity index is 498. The molecule has 1 atom stereocenters. The van der Waals surface area contributed by atoms with Crippen LogP contribution in [0.4, 0.5) is 0 Å². The molecule has 0 amide bonds. The van der Waals surface area contributed by atoms with Gasteiger partial charge in [0.05, 0.1) is 12.8 Å². The zero-order valence-electron chi connectivity index (χ0n) is 8.95. The third-order valence-electron chi connectivity index (χ3n) is 1.80. The molecule has 90 valence electrons. The molecule has 0 spiro atoms. The number of hydrogen-bond acceptors (Lipinski definition) is 7. The van der Waals surface area contributed by atoms with Gasteiger partial charge < -0.3 is 9.29 Å². The van der Waals surface area contributed by atoms with Crippen LogP contribution in [0.2, 0.25) is 0 Å². The molecule has 2 heterocycles. The van der Waals surface area contributed by atoms with Gasteiger partial charge in [0, 0.05) is 11.2 Å². The number of rotatable bonds is 4. The zero-order valence-corrected chi connectivity index (χ0v) is 10.6. The van der Waals surface area contributed by atoms with Gasteiger partial charge in [-0.15, -0.1) is 0 Å². The summed E-state index contributed by atoms with van der Waals surface area (Å²) in [5.74, 6) is -0.669. The summed E-state index contributed by atoms with van der Waals surface area (Å²) in [6.07, 6.45) is 2.95. The van der Waals surface area contributed by atoms with Gasteiger partial charge in [-0.2, -0.15) is 4.98 Å². The highest BCUT2D eigenvalue weighted by atomic mass is 32.2. The highest BCUT2D eigenvalue weighted by Crippen LogP contribution is 2.23. The fraction of sp³-hybridized carbons (Fsp3) is 0.333. The Kier molecular flexibility index (Phi) is 3.87. The summed E-state index contributed by atoms with van der Waals surface area (Å²) < 4.78 is 16.9. The van der Waals surface area contributed by atoms with Crippen molar-refractivity contribution in [2.24, 2.45) is 0 Å². The first-order chi connectivity index (χ1) is 8.20. The number of hydrogen-bond donors (Lipinski definition) is 0. The summed E-state index contributed by atoms with van der Waals surface area (Å²) in [5.41, 5.74) is 0.588. The van der Waals surface area contributed by atoms with Crippen LogP contribution in [0.1, 0.15) is 6.92 Å². The van der Waals surface area contributed by atoms with Crippen molar-refractivity contribution in [1.82, 2.24) is 15.0 Å². The molecule has 2 aromatic rings. The molecule has 0 aliphatic heterocycles. The van der Waals surface area contributed by atoms with Gasteiger partial charge in [0.15, 0.2) is 4.83 Å². The Labute approximate surface area is 104 Å². The number of carbonyl (C=O) groups excluding carboxylic acids is 1. The molecule has 0 fully saturated rings. The Morgan fingerprint density at radius 1 is 1.65 bits per heavy atom. The minimum absolute atomic E-state index is 0.179. The molecule has 0 saturated carbocycles. The number of aromatic nitrogens is 3. The second kappa shape index (κ2) is 5.39. The Hall–Kier alpha value is -1.25. The van der Waals surface area contributed by atoms with Crippen LogP contribution in [0.15, 0.2) is 16.9 Å². The quantitative estimate of drug-likeness (QED) is 0.602. The maximum absolute atomic E-state index is 11.8. The predicted molar refractivity (Wildman–Crippen MR) is 63.1 cm³/mol. The second-order valence-electron chi connectivity index (χ2n) is 2.99. The fourth-order valence-corrected chi connectivity index (χ4v) is 3.16. The van der Waals surface area contributed by atoms with Gasteiger partial charge >= 0.3 is 10.3 Å². The molecule has 0 aliphatic carbocycles. The molecule has 8 heteroatoms. The molecule has 0 aromatic carbocycles. The summed E-state index contributed by atoms with van der Waals surface area (Å²) in [6.45, 7) is 1.98. The van der Waals surface area contributed by atoms with Gasteiger partial charge in [0.1, 0.15) is 11.8 Å². The SMILES string of the molecule is CCOC(=O)C[S+]([O-])c1nc2cncnc2s1. The van der Waals surface area contributed by atoms with Crippen molar-refractivity contribution in [3.8, 4) is 0 Å². The predicted octanol–water partition coefficient (Wildman–Crippen LogP) is 0.757. The standard InChI is InChI=1S/C9H9N3O3S2/c1-2-15-7(13)4-17(14)9-12-6-3-10-5-11-8(6)16-9/h3,5H,2,4H2,1H3. The van der Waals surface area contributed by atoms with Crippen LogP contribution in [0.25, 0.3) is 10.3 Å². The molecule has 0 bridgehead atoms. The molecule has 0 saturated heterocycles. The topological polar surface area (TPSA) is 88.0 Å². The van der Waals surface area contributed by atoms with Gasteiger partial charge in [-0.3, -0.25) is 0 Å². The largest absolute Gasteiger partial charge is 0.609 e. The lowest BCUT2D eigenvalue weighted by molar-refractivity contribution is -0.139. The second-order valence-corrected chi connectivity index (χ2v) is 5.59. The Morgan fingerprint density at radius 2 is 2.47 bits per heavy atom. The summed E-state index contributed by atoms with van der Waals surface area (Å²) in [6, 6.07) is 0. The van der Waals surface area contributed by atoms with E-state index in [9.17, 15) is 9.35 Å². The maximum Gasteiger partial charge on any atom is 0.356 e. The molecular weight excluding hydrogens is 262 g/mol. The molecule has 0 radical (unpaired) electrons. The van der Waals surface area contributed by atoms with Gasteiger partial charge in [-0.25, -0.2) is 14.8 Å². The van der Waals surface area contributed by atoms with Crippen LogP contribution >= 0.6 is 11.3 Å². The first-order valence-corrected chi connectivity index (χ1v) is 6.94. The fourth-order valence-electron chi connectivity index (χ4n) is 1.14. The molecule has 0 N–H and O–H groups in total. The number of esters is 1. The lowest BCUT2D eigenvalue weighted by Gasteiger charge is -2.05. The van der Waals surface area contributed by atoms with Gasteiger partial charge in [-0.05, 0) is 18.3 Å². The third kappa shape index (κ3) is 2.90. The lowest BCUT2D eigenvalue weighted by atomic mass is 10.6.